The minimum atomic E-state index is -3.53. The maximum atomic E-state index is 12.4. The van der Waals surface area contributed by atoms with Gasteiger partial charge in [-0.1, -0.05) is 23.2 Å². The van der Waals surface area contributed by atoms with Crippen molar-refractivity contribution in [2.24, 2.45) is 5.73 Å². The molecule has 0 spiro atoms. The molecule has 1 aliphatic rings. The monoisotopic (exact) mass is 336 g/mol. The van der Waals surface area contributed by atoms with Gasteiger partial charge in [-0.3, -0.25) is 4.79 Å². The molecule has 0 bridgehead atoms. The lowest BCUT2D eigenvalue weighted by Crippen LogP contribution is -2.32. The fraction of sp³-hybridized carbons (Fsp3) is 0.417. The molecule has 0 radical (unpaired) electrons. The number of hydrogen-bond donors (Lipinski definition) is 1. The zero-order valence-corrected chi connectivity index (χ0v) is 13.1. The van der Waals surface area contributed by atoms with Gasteiger partial charge in [-0.25, -0.2) is 8.42 Å². The van der Waals surface area contributed by atoms with E-state index in [1.807, 2.05) is 0 Å². The van der Waals surface area contributed by atoms with Gasteiger partial charge in [-0.05, 0) is 18.6 Å². The first-order valence-electron chi connectivity index (χ1n) is 5.94. The number of benzene rings is 1. The topological polar surface area (TPSA) is 80.5 Å². The highest BCUT2D eigenvalue weighted by molar-refractivity contribution is 7.90. The van der Waals surface area contributed by atoms with E-state index in [0.717, 1.165) is 12.7 Å². The highest BCUT2D eigenvalue weighted by atomic mass is 35.5. The second-order valence-corrected chi connectivity index (χ2v) is 7.63. The Hall–Kier alpha value is -0.820. The van der Waals surface area contributed by atoms with Gasteiger partial charge in [0.05, 0.1) is 20.5 Å². The van der Waals surface area contributed by atoms with E-state index in [-0.39, 0.29) is 32.5 Å². The van der Waals surface area contributed by atoms with Crippen molar-refractivity contribution in [2.45, 2.75) is 17.4 Å². The van der Waals surface area contributed by atoms with Gasteiger partial charge in [0.2, 0.25) is 0 Å². The predicted octanol–water partition coefficient (Wildman–Crippen LogP) is 1.57. The third-order valence-corrected chi connectivity index (χ3v) is 5.04. The number of carbonyl (C=O) groups excluding carboxylic acids is 1. The Morgan fingerprint density at radius 1 is 1.35 bits per heavy atom. The summed E-state index contributed by atoms with van der Waals surface area (Å²) in [6.45, 7) is 0.971. The first kappa shape index (κ1) is 15.6. The maximum Gasteiger partial charge on any atom is 0.255 e. The smallest absolute Gasteiger partial charge is 0.255 e. The van der Waals surface area contributed by atoms with Crippen LogP contribution in [0.5, 0.6) is 0 Å². The van der Waals surface area contributed by atoms with Crippen LogP contribution in [0.4, 0.5) is 0 Å². The highest BCUT2D eigenvalue weighted by Crippen LogP contribution is 2.30. The zero-order valence-electron chi connectivity index (χ0n) is 10.8. The fourth-order valence-corrected chi connectivity index (χ4v) is 3.75. The van der Waals surface area contributed by atoms with Crippen molar-refractivity contribution in [1.29, 1.82) is 0 Å². The quantitative estimate of drug-likeness (QED) is 0.888. The Kier molecular flexibility index (Phi) is 4.30. The Bertz CT molecular complexity index is 661. The van der Waals surface area contributed by atoms with E-state index in [2.05, 4.69) is 0 Å². The minimum absolute atomic E-state index is 0.00664. The SMILES string of the molecule is CS(=O)(=O)c1cc(C(=O)N2CC[C@H](N)C2)c(Cl)cc1Cl. The van der Waals surface area contributed by atoms with Crippen LogP contribution >= 0.6 is 23.2 Å². The molecule has 1 saturated heterocycles. The first-order valence-corrected chi connectivity index (χ1v) is 8.59. The number of carbonyl (C=O) groups is 1. The van der Waals surface area contributed by atoms with Crippen LogP contribution in [0.25, 0.3) is 0 Å². The predicted molar refractivity (Wildman–Crippen MR) is 78.1 cm³/mol. The van der Waals surface area contributed by atoms with Crippen LogP contribution < -0.4 is 5.73 Å². The van der Waals surface area contributed by atoms with Crippen molar-refractivity contribution >= 4 is 38.9 Å². The lowest BCUT2D eigenvalue weighted by Gasteiger charge is -2.17. The van der Waals surface area contributed by atoms with Crippen LogP contribution in [-0.2, 0) is 9.84 Å². The average Bonchev–Trinajstić information content (AvgIpc) is 2.73. The van der Waals surface area contributed by atoms with Gasteiger partial charge in [-0.2, -0.15) is 0 Å². The molecule has 1 aromatic carbocycles. The van der Waals surface area contributed by atoms with Crippen molar-refractivity contribution in [3.63, 3.8) is 0 Å². The normalized spacial score (nSPS) is 19.4. The molecule has 1 atom stereocenters. The summed E-state index contributed by atoms with van der Waals surface area (Å²) in [4.78, 5) is 13.8. The highest BCUT2D eigenvalue weighted by Gasteiger charge is 2.27. The second kappa shape index (κ2) is 5.52. The van der Waals surface area contributed by atoms with Gasteiger partial charge in [0.1, 0.15) is 0 Å². The number of likely N-dealkylation sites (tertiary alicyclic amines) is 1. The third kappa shape index (κ3) is 3.09. The van der Waals surface area contributed by atoms with Crippen molar-refractivity contribution in [2.75, 3.05) is 19.3 Å². The molecule has 1 fully saturated rings. The van der Waals surface area contributed by atoms with Gasteiger partial charge in [0, 0.05) is 25.4 Å². The lowest BCUT2D eigenvalue weighted by molar-refractivity contribution is 0.0791. The van der Waals surface area contributed by atoms with Gasteiger partial charge in [-0.15, -0.1) is 0 Å². The van der Waals surface area contributed by atoms with Crippen LogP contribution in [0.15, 0.2) is 17.0 Å². The number of halogens is 2. The minimum Gasteiger partial charge on any atom is -0.337 e. The standard InChI is InChI=1S/C12H14Cl2N2O3S/c1-20(18,19)11-4-8(9(13)5-10(11)14)12(17)16-3-2-7(15)6-16/h4-5,7H,2-3,6,15H2,1H3/t7-/m0/s1. The number of sulfone groups is 1. The summed E-state index contributed by atoms with van der Waals surface area (Å²) in [5.41, 5.74) is 5.89. The van der Waals surface area contributed by atoms with Gasteiger partial charge in [0.25, 0.3) is 5.91 Å². The second-order valence-electron chi connectivity index (χ2n) is 4.83. The molecule has 1 heterocycles. The molecule has 1 aromatic rings. The van der Waals surface area contributed by atoms with Crippen LogP contribution in [0, 0.1) is 0 Å². The summed E-state index contributed by atoms with van der Waals surface area (Å²) in [7, 11) is -3.53. The summed E-state index contributed by atoms with van der Waals surface area (Å²) in [6, 6.07) is 2.45. The fourth-order valence-electron chi connectivity index (χ4n) is 2.12. The Labute approximate surface area is 127 Å². The summed E-state index contributed by atoms with van der Waals surface area (Å²) < 4.78 is 23.3. The largest absolute Gasteiger partial charge is 0.337 e. The molecule has 20 heavy (non-hydrogen) atoms. The first-order chi connectivity index (χ1) is 9.20. The van der Waals surface area contributed by atoms with Crippen LogP contribution in [0.3, 0.4) is 0 Å². The van der Waals surface area contributed by atoms with Crippen molar-refractivity contribution in [3.8, 4) is 0 Å². The Balaban J connectivity index is 2.44. The van der Waals surface area contributed by atoms with Gasteiger partial charge in [0.15, 0.2) is 9.84 Å². The molecule has 0 aromatic heterocycles. The van der Waals surface area contributed by atoms with Crippen LogP contribution in [-0.4, -0.2) is 44.6 Å². The van der Waals surface area contributed by atoms with Gasteiger partial charge < -0.3 is 10.6 Å². The van der Waals surface area contributed by atoms with Crippen LogP contribution in [0.1, 0.15) is 16.8 Å². The van der Waals surface area contributed by atoms with E-state index in [0.29, 0.717) is 13.1 Å². The average molecular weight is 337 g/mol. The summed E-state index contributed by atoms with van der Waals surface area (Å²) >= 11 is 11.9. The number of amides is 1. The van der Waals surface area contributed by atoms with Gasteiger partial charge >= 0.3 is 0 Å². The molecular formula is C12H14Cl2N2O3S. The summed E-state index contributed by atoms with van der Waals surface area (Å²) in [5.74, 6) is -0.329. The van der Waals surface area contributed by atoms with E-state index in [9.17, 15) is 13.2 Å². The van der Waals surface area contributed by atoms with E-state index in [1.54, 1.807) is 4.90 Å². The number of rotatable bonds is 2. The van der Waals surface area contributed by atoms with Crippen molar-refractivity contribution in [1.82, 2.24) is 4.90 Å². The number of hydrogen-bond acceptors (Lipinski definition) is 4. The Morgan fingerprint density at radius 2 is 2.00 bits per heavy atom. The van der Waals surface area contributed by atoms with Crippen molar-refractivity contribution < 1.29 is 13.2 Å². The summed E-state index contributed by atoms with van der Waals surface area (Å²) in [6.07, 6.45) is 1.75. The van der Waals surface area contributed by atoms with E-state index < -0.39 is 9.84 Å². The molecule has 1 amide bonds. The van der Waals surface area contributed by atoms with Crippen LogP contribution in [0.2, 0.25) is 10.0 Å². The van der Waals surface area contributed by atoms with E-state index in [4.69, 9.17) is 28.9 Å². The molecule has 2 rings (SSSR count). The molecule has 110 valence electrons. The molecule has 2 N–H and O–H groups in total. The number of nitrogens with two attached hydrogens (primary N) is 1. The number of nitrogens with zero attached hydrogens (tertiary/aromatic N) is 1. The summed E-state index contributed by atoms with van der Waals surface area (Å²) in [5, 5.41) is 0.139. The van der Waals surface area contributed by atoms with E-state index in [1.165, 1.54) is 12.1 Å². The lowest BCUT2D eigenvalue weighted by atomic mass is 10.2. The molecule has 0 saturated carbocycles. The Morgan fingerprint density at radius 3 is 2.50 bits per heavy atom. The molecule has 5 nitrogen and oxygen atoms in total. The third-order valence-electron chi connectivity index (χ3n) is 3.16. The van der Waals surface area contributed by atoms with E-state index >= 15 is 0 Å². The molecule has 8 heteroatoms. The molecular weight excluding hydrogens is 323 g/mol. The van der Waals surface area contributed by atoms with Crippen molar-refractivity contribution in [3.05, 3.63) is 27.7 Å². The maximum absolute atomic E-state index is 12.4. The molecule has 0 aliphatic carbocycles. The molecule has 1 aliphatic heterocycles. The zero-order chi connectivity index (χ0) is 15.1. The molecule has 0 unspecified atom stereocenters.